The van der Waals surface area contributed by atoms with Crippen molar-refractivity contribution < 1.29 is 0 Å². The Labute approximate surface area is 101 Å². The van der Waals surface area contributed by atoms with Crippen LogP contribution in [0.15, 0.2) is 24.3 Å². The van der Waals surface area contributed by atoms with Crippen LogP contribution in [-0.2, 0) is 4.33 Å². The molecule has 0 aliphatic rings. The van der Waals surface area contributed by atoms with Crippen molar-refractivity contribution in [3.8, 4) is 0 Å². The fourth-order valence-electron chi connectivity index (χ4n) is 1.08. The highest BCUT2D eigenvalue weighted by molar-refractivity contribution is 6.49. The lowest BCUT2D eigenvalue weighted by Gasteiger charge is -2.15. The van der Waals surface area contributed by atoms with E-state index in [4.69, 9.17) is 34.8 Å². The normalized spacial score (nSPS) is 11.7. The van der Waals surface area contributed by atoms with Crippen LogP contribution in [0.5, 0.6) is 0 Å². The van der Waals surface area contributed by atoms with E-state index in [2.05, 4.69) is 20.6 Å². The topological polar surface area (TPSA) is 54.5 Å². The molecule has 1 N–H and O–H groups in total. The van der Waals surface area contributed by atoms with Gasteiger partial charge in [0.25, 0.3) is 0 Å². The number of benzene rings is 1. The molecule has 1 aromatic heterocycles. The van der Waals surface area contributed by atoms with E-state index in [1.165, 1.54) is 0 Å². The number of halogens is 3. The largest absolute Gasteiger partial charge is 0.215 e. The number of nitrogens with zero attached hydrogens (tertiary/aromatic N) is 3. The summed E-state index contributed by atoms with van der Waals surface area (Å²) in [6.07, 6.45) is 0. The zero-order chi connectivity index (χ0) is 10.9. The summed E-state index contributed by atoms with van der Waals surface area (Å²) >= 11 is 18.0. The van der Waals surface area contributed by atoms with Crippen LogP contribution in [0.1, 0.15) is 11.4 Å². The van der Waals surface area contributed by atoms with Crippen LogP contribution in [0.4, 0.5) is 0 Å². The average molecular weight is 264 g/mol. The fraction of sp³-hybridized carbons (Fsp3) is 0.125. The maximum absolute atomic E-state index is 6.12. The average Bonchev–Trinajstić information content (AvgIpc) is 2.71. The second kappa shape index (κ2) is 3.96. The zero-order valence-corrected chi connectivity index (χ0v) is 9.55. The summed E-state index contributed by atoms with van der Waals surface area (Å²) in [7, 11) is 0. The molecule has 2 rings (SSSR count). The number of aromatic nitrogens is 4. The molecule has 0 aliphatic carbocycles. The standard InChI is InChI=1S/C8H5Cl3N4/c9-6-3-1-5(2-4-6)8(10,11)7-12-14-15-13-7/h1-4H,(H,12,13,14,15). The van der Waals surface area contributed by atoms with Crippen LogP contribution in [0, 0.1) is 0 Å². The van der Waals surface area contributed by atoms with Crippen molar-refractivity contribution >= 4 is 34.8 Å². The molecule has 2 aromatic rings. The number of alkyl halides is 2. The number of tetrazole rings is 1. The van der Waals surface area contributed by atoms with Gasteiger partial charge in [0.05, 0.1) is 0 Å². The third kappa shape index (κ3) is 2.07. The highest BCUT2D eigenvalue weighted by atomic mass is 35.5. The molecule has 4 nitrogen and oxygen atoms in total. The van der Waals surface area contributed by atoms with Gasteiger partial charge in [0.1, 0.15) is 0 Å². The lowest BCUT2D eigenvalue weighted by atomic mass is 10.1. The first-order valence-electron chi connectivity index (χ1n) is 3.98. The summed E-state index contributed by atoms with van der Waals surface area (Å²) in [5, 5.41) is 13.8. The first-order valence-corrected chi connectivity index (χ1v) is 5.12. The maximum Gasteiger partial charge on any atom is 0.215 e. The Morgan fingerprint density at radius 3 is 2.33 bits per heavy atom. The molecule has 0 spiro atoms. The Kier molecular flexibility index (Phi) is 2.82. The molecule has 0 aliphatic heterocycles. The molecular weight excluding hydrogens is 258 g/mol. The van der Waals surface area contributed by atoms with Gasteiger partial charge in [-0.05, 0) is 17.7 Å². The van der Waals surface area contributed by atoms with E-state index < -0.39 is 4.33 Å². The van der Waals surface area contributed by atoms with Gasteiger partial charge >= 0.3 is 0 Å². The molecule has 7 heteroatoms. The molecule has 78 valence electrons. The van der Waals surface area contributed by atoms with E-state index in [0.29, 0.717) is 10.6 Å². The van der Waals surface area contributed by atoms with Gasteiger partial charge in [0.15, 0.2) is 0 Å². The predicted molar refractivity (Wildman–Crippen MR) is 58.1 cm³/mol. The minimum atomic E-state index is -1.32. The van der Waals surface area contributed by atoms with E-state index in [0.717, 1.165) is 0 Å². The van der Waals surface area contributed by atoms with Crippen LogP contribution >= 0.6 is 34.8 Å². The highest BCUT2D eigenvalue weighted by Gasteiger charge is 2.33. The van der Waals surface area contributed by atoms with Crippen molar-refractivity contribution in [1.82, 2.24) is 20.6 Å². The fourth-order valence-corrected chi connectivity index (χ4v) is 1.62. The van der Waals surface area contributed by atoms with Crippen LogP contribution in [-0.4, -0.2) is 20.6 Å². The Morgan fingerprint density at radius 2 is 1.80 bits per heavy atom. The summed E-state index contributed by atoms with van der Waals surface area (Å²) < 4.78 is -1.32. The third-order valence-corrected chi connectivity index (χ3v) is 2.86. The molecule has 0 saturated heterocycles. The van der Waals surface area contributed by atoms with E-state index in [1.54, 1.807) is 24.3 Å². The zero-order valence-electron chi connectivity index (χ0n) is 7.28. The molecule has 0 unspecified atom stereocenters. The van der Waals surface area contributed by atoms with Gasteiger partial charge < -0.3 is 0 Å². The molecule has 15 heavy (non-hydrogen) atoms. The molecule has 0 saturated carbocycles. The van der Waals surface area contributed by atoms with Gasteiger partial charge in [-0.15, -0.1) is 10.2 Å². The Bertz CT molecular complexity index is 437. The molecule has 0 radical (unpaired) electrons. The van der Waals surface area contributed by atoms with Gasteiger partial charge in [-0.2, -0.15) is 5.21 Å². The summed E-state index contributed by atoms with van der Waals surface area (Å²) in [5.74, 6) is 0.202. The summed E-state index contributed by atoms with van der Waals surface area (Å²) in [6.45, 7) is 0. The van der Waals surface area contributed by atoms with Crippen molar-refractivity contribution in [2.75, 3.05) is 0 Å². The molecule has 1 aromatic carbocycles. The lowest BCUT2D eigenvalue weighted by molar-refractivity contribution is 0.881. The molecular formula is C8H5Cl3N4. The van der Waals surface area contributed by atoms with E-state index in [-0.39, 0.29) is 5.82 Å². The monoisotopic (exact) mass is 262 g/mol. The quantitative estimate of drug-likeness (QED) is 0.847. The van der Waals surface area contributed by atoms with Gasteiger partial charge in [-0.1, -0.05) is 52.1 Å². The smallest absolute Gasteiger partial charge is 0.177 e. The lowest BCUT2D eigenvalue weighted by Crippen LogP contribution is -2.14. The first-order chi connectivity index (χ1) is 7.10. The molecule has 0 atom stereocenters. The minimum Gasteiger partial charge on any atom is -0.177 e. The van der Waals surface area contributed by atoms with Gasteiger partial charge in [0, 0.05) is 5.02 Å². The van der Waals surface area contributed by atoms with Crippen molar-refractivity contribution in [2.45, 2.75) is 4.33 Å². The Hall–Kier alpha value is -0.840. The minimum absolute atomic E-state index is 0.202. The first kappa shape index (κ1) is 10.7. The van der Waals surface area contributed by atoms with Crippen molar-refractivity contribution in [1.29, 1.82) is 0 Å². The van der Waals surface area contributed by atoms with Crippen molar-refractivity contribution in [3.63, 3.8) is 0 Å². The second-order valence-electron chi connectivity index (χ2n) is 2.82. The van der Waals surface area contributed by atoms with Gasteiger partial charge in [-0.25, -0.2) is 0 Å². The number of H-pyrrole nitrogens is 1. The van der Waals surface area contributed by atoms with E-state index in [1.807, 2.05) is 0 Å². The Balaban J connectivity index is 2.41. The molecule has 0 fully saturated rings. The van der Waals surface area contributed by atoms with Crippen LogP contribution < -0.4 is 0 Å². The van der Waals surface area contributed by atoms with Crippen LogP contribution in [0.3, 0.4) is 0 Å². The van der Waals surface area contributed by atoms with E-state index in [9.17, 15) is 0 Å². The van der Waals surface area contributed by atoms with E-state index >= 15 is 0 Å². The van der Waals surface area contributed by atoms with Crippen LogP contribution in [0.25, 0.3) is 0 Å². The number of hydrogen-bond acceptors (Lipinski definition) is 3. The summed E-state index contributed by atoms with van der Waals surface area (Å²) in [5.41, 5.74) is 0.636. The highest BCUT2D eigenvalue weighted by Crippen LogP contribution is 2.38. The van der Waals surface area contributed by atoms with Gasteiger partial charge in [-0.3, -0.25) is 0 Å². The molecule has 0 amide bonds. The predicted octanol–water partition coefficient (Wildman–Crippen LogP) is 2.53. The Morgan fingerprint density at radius 1 is 1.13 bits per heavy atom. The number of nitrogens with one attached hydrogen (secondary N) is 1. The van der Waals surface area contributed by atoms with Crippen molar-refractivity contribution in [3.05, 3.63) is 40.7 Å². The van der Waals surface area contributed by atoms with Gasteiger partial charge in [0.2, 0.25) is 10.2 Å². The SMILES string of the molecule is Clc1ccc(C(Cl)(Cl)c2nn[nH]n2)cc1. The number of aromatic amines is 1. The van der Waals surface area contributed by atoms with Crippen molar-refractivity contribution in [2.24, 2.45) is 0 Å². The third-order valence-electron chi connectivity index (χ3n) is 1.83. The van der Waals surface area contributed by atoms with Crippen LogP contribution in [0.2, 0.25) is 5.02 Å². The molecule has 0 bridgehead atoms. The maximum atomic E-state index is 6.12. The second-order valence-corrected chi connectivity index (χ2v) is 4.58. The molecule has 1 heterocycles. The number of rotatable bonds is 2. The summed E-state index contributed by atoms with van der Waals surface area (Å²) in [4.78, 5) is 0. The number of hydrogen-bond donors (Lipinski definition) is 1. The summed E-state index contributed by atoms with van der Waals surface area (Å²) in [6, 6.07) is 6.80.